The van der Waals surface area contributed by atoms with Crippen molar-refractivity contribution in [3.8, 4) is 5.75 Å². The van der Waals surface area contributed by atoms with Gasteiger partial charge in [0.05, 0.1) is 11.4 Å². The number of amides is 1. The number of carboxylic acids is 1. The van der Waals surface area contributed by atoms with Gasteiger partial charge in [0.25, 0.3) is 0 Å². The lowest BCUT2D eigenvalue weighted by Gasteiger charge is -2.36. The number of rotatable bonds is 6. The minimum absolute atomic E-state index is 0.148. The molecule has 0 unspecified atom stereocenters. The Labute approximate surface area is 155 Å². The maximum Gasteiger partial charge on any atom is 0.348 e. The van der Waals surface area contributed by atoms with Crippen LogP contribution in [-0.2, 0) is 4.79 Å². The number of nitrogens with zero attached hydrogens (tertiary/aromatic N) is 2. The van der Waals surface area contributed by atoms with Crippen molar-refractivity contribution in [1.29, 1.82) is 0 Å². The maximum atomic E-state index is 12.1. The second-order valence-electron chi connectivity index (χ2n) is 6.08. The van der Waals surface area contributed by atoms with Crippen LogP contribution in [0.5, 0.6) is 5.75 Å². The standard InChI is InChI=1S/C18H21N3O4S/c22-15-4-2-1-3-14(15)21-10-8-20(9-11-21)7-5-16(23)19-13-6-12-26-17(13)18(24)25/h1-4,6,12,22H,5,7-11H2,(H,19,23)(H,24,25). The topological polar surface area (TPSA) is 93.1 Å². The predicted molar refractivity (Wildman–Crippen MR) is 101 cm³/mol. The molecule has 0 atom stereocenters. The minimum atomic E-state index is -1.03. The van der Waals surface area contributed by atoms with Gasteiger partial charge in [0.2, 0.25) is 5.91 Å². The minimum Gasteiger partial charge on any atom is -0.506 e. The van der Waals surface area contributed by atoms with Gasteiger partial charge in [-0.1, -0.05) is 12.1 Å². The van der Waals surface area contributed by atoms with Crippen LogP contribution in [0.2, 0.25) is 0 Å². The zero-order valence-electron chi connectivity index (χ0n) is 14.2. The third-order valence-corrected chi connectivity index (χ3v) is 5.29. The fraction of sp³-hybridized carbons (Fsp3) is 0.333. The molecule has 0 saturated carbocycles. The monoisotopic (exact) mass is 375 g/mol. The van der Waals surface area contributed by atoms with Gasteiger partial charge in [0, 0.05) is 39.1 Å². The molecule has 0 aliphatic carbocycles. The Morgan fingerprint density at radius 1 is 1.12 bits per heavy atom. The van der Waals surface area contributed by atoms with Gasteiger partial charge in [-0.05, 0) is 23.6 Å². The second kappa shape index (κ2) is 8.20. The zero-order valence-corrected chi connectivity index (χ0v) is 15.0. The number of carboxylic acid groups (broad SMARTS) is 1. The molecule has 26 heavy (non-hydrogen) atoms. The molecule has 1 saturated heterocycles. The summed E-state index contributed by atoms with van der Waals surface area (Å²) in [5.41, 5.74) is 1.19. The van der Waals surface area contributed by atoms with E-state index in [-0.39, 0.29) is 16.5 Å². The van der Waals surface area contributed by atoms with E-state index in [9.17, 15) is 14.7 Å². The molecule has 0 radical (unpaired) electrons. The predicted octanol–water partition coefficient (Wildman–Crippen LogP) is 2.30. The SMILES string of the molecule is O=C(CCN1CCN(c2ccccc2O)CC1)Nc1ccsc1C(=O)O. The molecular formula is C18H21N3O4S. The number of piperazine rings is 1. The molecule has 0 bridgehead atoms. The molecule has 1 fully saturated rings. The molecule has 3 N–H and O–H groups in total. The van der Waals surface area contributed by atoms with E-state index in [2.05, 4.69) is 15.1 Å². The first-order valence-electron chi connectivity index (χ1n) is 8.40. The normalized spacial score (nSPS) is 15.0. The summed E-state index contributed by atoms with van der Waals surface area (Å²) >= 11 is 1.09. The van der Waals surface area contributed by atoms with E-state index in [1.165, 1.54) is 0 Å². The van der Waals surface area contributed by atoms with E-state index in [0.717, 1.165) is 43.2 Å². The highest BCUT2D eigenvalue weighted by Gasteiger charge is 2.20. The summed E-state index contributed by atoms with van der Waals surface area (Å²) in [6.45, 7) is 3.80. The van der Waals surface area contributed by atoms with Crippen molar-refractivity contribution in [2.45, 2.75) is 6.42 Å². The van der Waals surface area contributed by atoms with E-state index in [1.807, 2.05) is 12.1 Å². The Morgan fingerprint density at radius 3 is 2.54 bits per heavy atom. The van der Waals surface area contributed by atoms with Gasteiger partial charge < -0.3 is 20.4 Å². The number of phenolic OH excluding ortho intramolecular Hbond substituents is 1. The van der Waals surface area contributed by atoms with Crippen molar-refractivity contribution in [1.82, 2.24) is 4.90 Å². The first kappa shape index (κ1) is 18.2. The Morgan fingerprint density at radius 2 is 1.85 bits per heavy atom. The van der Waals surface area contributed by atoms with Crippen LogP contribution in [0.25, 0.3) is 0 Å². The Balaban J connectivity index is 1.45. The van der Waals surface area contributed by atoms with E-state index < -0.39 is 5.97 Å². The number of carbonyl (C=O) groups is 2. The van der Waals surface area contributed by atoms with Crippen LogP contribution in [0, 0.1) is 0 Å². The number of para-hydroxylation sites is 2. The fourth-order valence-corrected chi connectivity index (χ4v) is 3.68. The number of aromatic hydroxyl groups is 1. The van der Waals surface area contributed by atoms with Crippen LogP contribution in [-0.4, -0.2) is 59.7 Å². The number of phenols is 1. The van der Waals surface area contributed by atoms with Gasteiger partial charge >= 0.3 is 5.97 Å². The quantitative estimate of drug-likeness (QED) is 0.717. The number of carbonyl (C=O) groups excluding carboxylic acids is 1. The highest BCUT2D eigenvalue weighted by molar-refractivity contribution is 7.12. The van der Waals surface area contributed by atoms with Crippen LogP contribution < -0.4 is 10.2 Å². The Bertz CT molecular complexity index is 784. The van der Waals surface area contributed by atoms with Crippen molar-refractivity contribution < 1.29 is 19.8 Å². The average Bonchev–Trinajstić information content (AvgIpc) is 3.09. The van der Waals surface area contributed by atoms with Crippen molar-refractivity contribution in [3.63, 3.8) is 0 Å². The molecule has 138 valence electrons. The molecule has 1 aliphatic heterocycles. The van der Waals surface area contributed by atoms with Gasteiger partial charge in [-0.3, -0.25) is 9.69 Å². The van der Waals surface area contributed by atoms with Crippen molar-refractivity contribution >= 4 is 34.6 Å². The number of aromatic carboxylic acids is 1. The van der Waals surface area contributed by atoms with E-state index in [4.69, 9.17) is 5.11 Å². The maximum absolute atomic E-state index is 12.1. The number of benzene rings is 1. The molecule has 1 aliphatic rings. The number of hydrogen-bond acceptors (Lipinski definition) is 6. The molecular weight excluding hydrogens is 354 g/mol. The lowest BCUT2D eigenvalue weighted by Crippen LogP contribution is -2.47. The number of anilines is 2. The van der Waals surface area contributed by atoms with E-state index >= 15 is 0 Å². The van der Waals surface area contributed by atoms with Crippen LogP contribution in [0.1, 0.15) is 16.1 Å². The average molecular weight is 375 g/mol. The molecule has 7 nitrogen and oxygen atoms in total. The van der Waals surface area contributed by atoms with Crippen LogP contribution in [0.4, 0.5) is 11.4 Å². The lowest BCUT2D eigenvalue weighted by molar-refractivity contribution is -0.116. The summed E-state index contributed by atoms with van der Waals surface area (Å²) < 4.78 is 0. The summed E-state index contributed by atoms with van der Waals surface area (Å²) in [7, 11) is 0. The number of thiophene rings is 1. The molecule has 2 heterocycles. The molecule has 0 spiro atoms. The number of hydrogen-bond donors (Lipinski definition) is 3. The Hall–Kier alpha value is -2.58. The highest BCUT2D eigenvalue weighted by Crippen LogP contribution is 2.27. The lowest BCUT2D eigenvalue weighted by atomic mass is 10.2. The third kappa shape index (κ3) is 4.33. The van der Waals surface area contributed by atoms with Crippen LogP contribution in [0.3, 0.4) is 0 Å². The third-order valence-electron chi connectivity index (χ3n) is 4.38. The van der Waals surface area contributed by atoms with Gasteiger partial charge in [-0.2, -0.15) is 0 Å². The van der Waals surface area contributed by atoms with Crippen molar-refractivity contribution in [3.05, 3.63) is 40.6 Å². The number of nitrogens with one attached hydrogen (secondary N) is 1. The van der Waals surface area contributed by atoms with Gasteiger partial charge in [0.15, 0.2) is 0 Å². The first-order chi connectivity index (χ1) is 12.5. The van der Waals surface area contributed by atoms with Gasteiger partial charge in [-0.15, -0.1) is 11.3 Å². The molecule has 1 aromatic carbocycles. The molecule has 3 rings (SSSR count). The second-order valence-corrected chi connectivity index (χ2v) is 7.00. The van der Waals surface area contributed by atoms with Crippen LogP contribution >= 0.6 is 11.3 Å². The van der Waals surface area contributed by atoms with Gasteiger partial charge in [0.1, 0.15) is 10.6 Å². The molecule has 2 aromatic rings. The summed E-state index contributed by atoms with van der Waals surface area (Å²) in [6.07, 6.45) is 0.311. The summed E-state index contributed by atoms with van der Waals surface area (Å²) in [5, 5.41) is 23.3. The fourth-order valence-electron chi connectivity index (χ4n) is 2.99. The first-order valence-corrected chi connectivity index (χ1v) is 9.28. The highest BCUT2D eigenvalue weighted by atomic mass is 32.1. The smallest absolute Gasteiger partial charge is 0.348 e. The summed E-state index contributed by atoms with van der Waals surface area (Å²) in [6, 6.07) is 8.90. The van der Waals surface area contributed by atoms with E-state index in [0.29, 0.717) is 18.7 Å². The molecule has 1 aromatic heterocycles. The van der Waals surface area contributed by atoms with Crippen molar-refractivity contribution in [2.24, 2.45) is 0 Å². The van der Waals surface area contributed by atoms with Gasteiger partial charge in [-0.25, -0.2) is 4.79 Å². The molecule has 1 amide bonds. The Kier molecular flexibility index (Phi) is 5.75. The van der Waals surface area contributed by atoms with Crippen LogP contribution in [0.15, 0.2) is 35.7 Å². The summed E-state index contributed by atoms with van der Waals surface area (Å²) in [4.78, 5) is 27.6. The zero-order chi connectivity index (χ0) is 18.5. The van der Waals surface area contributed by atoms with E-state index in [1.54, 1.807) is 23.6 Å². The summed E-state index contributed by atoms with van der Waals surface area (Å²) in [5.74, 6) is -0.935. The van der Waals surface area contributed by atoms with Crippen molar-refractivity contribution in [2.75, 3.05) is 42.9 Å². The molecule has 8 heteroatoms. The largest absolute Gasteiger partial charge is 0.506 e.